The number of nitrogens with zero attached hydrogens (tertiary/aromatic N) is 3. The summed E-state index contributed by atoms with van der Waals surface area (Å²) in [6, 6.07) is 3.84. The number of phenolic OH excluding ortho intramolecular Hbond substituents is 1. The number of aromatic hydroxyl groups is 1. The zero-order valence-corrected chi connectivity index (χ0v) is 13.9. The number of thiazole rings is 1. The maximum atomic E-state index is 13.3. The van der Waals surface area contributed by atoms with Crippen molar-refractivity contribution in [1.29, 1.82) is 0 Å². The van der Waals surface area contributed by atoms with E-state index in [-0.39, 0.29) is 17.1 Å². The number of aromatic nitrogens is 3. The van der Waals surface area contributed by atoms with Gasteiger partial charge < -0.3 is 5.11 Å². The highest BCUT2D eigenvalue weighted by Gasteiger charge is 2.15. The lowest BCUT2D eigenvalue weighted by molar-refractivity contribution is 0.433. The third kappa shape index (κ3) is 2.85. The highest BCUT2D eigenvalue weighted by molar-refractivity contribution is 7.15. The van der Waals surface area contributed by atoms with E-state index in [1.54, 1.807) is 6.20 Å². The number of benzene rings is 1. The van der Waals surface area contributed by atoms with Crippen molar-refractivity contribution < 1.29 is 9.50 Å². The highest BCUT2D eigenvalue weighted by atomic mass is 35.5. The van der Waals surface area contributed by atoms with E-state index in [0.29, 0.717) is 10.6 Å². The molecule has 0 amide bonds. The van der Waals surface area contributed by atoms with Crippen LogP contribution in [0.15, 0.2) is 40.2 Å². The van der Waals surface area contributed by atoms with E-state index in [4.69, 9.17) is 11.6 Å². The average Bonchev–Trinajstić information content (AvgIpc) is 3.02. The van der Waals surface area contributed by atoms with Crippen molar-refractivity contribution in [2.45, 2.75) is 6.54 Å². The van der Waals surface area contributed by atoms with Gasteiger partial charge in [0.2, 0.25) is 0 Å². The van der Waals surface area contributed by atoms with Crippen molar-refractivity contribution >= 4 is 22.9 Å². The zero-order valence-electron chi connectivity index (χ0n) is 12.4. The lowest BCUT2D eigenvalue weighted by Gasteiger charge is -2.05. The Labute approximate surface area is 144 Å². The molecular weight excluding hydrogens is 357 g/mol. The topological polar surface area (TPSA) is 77.1 Å². The van der Waals surface area contributed by atoms with Gasteiger partial charge >= 0.3 is 5.69 Å². The van der Waals surface area contributed by atoms with Crippen molar-refractivity contribution in [2.24, 2.45) is 7.05 Å². The predicted molar refractivity (Wildman–Crippen MR) is 89.2 cm³/mol. The van der Waals surface area contributed by atoms with Crippen molar-refractivity contribution in [3.05, 3.63) is 67.1 Å². The van der Waals surface area contributed by atoms with E-state index in [0.717, 1.165) is 15.5 Å². The SMILES string of the molecule is Cn1c(=O)ccn(Cc2cnc(-c3ccc(F)c(O)c3Cl)s2)c1=O. The first-order valence-corrected chi connectivity index (χ1v) is 7.96. The number of hydrogen-bond acceptors (Lipinski definition) is 5. The number of hydrogen-bond donors (Lipinski definition) is 1. The molecule has 1 N–H and O–H groups in total. The highest BCUT2D eigenvalue weighted by Crippen LogP contribution is 2.38. The van der Waals surface area contributed by atoms with Gasteiger partial charge in [0.25, 0.3) is 5.56 Å². The molecule has 0 aliphatic carbocycles. The average molecular weight is 368 g/mol. The molecule has 3 rings (SSSR count). The Balaban J connectivity index is 1.95. The van der Waals surface area contributed by atoms with Crippen molar-refractivity contribution in [3.8, 4) is 16.3 Å². The summed E-state index contributed by atoms with van der Waals surface area (Å²) in [4.78, 5) is 28.4. The second-order valence-corrected chi connectivity index (χ2v) is 6.51. The van der Waals surface area contributed by atoms with Gasteiger partial charge in [0, 0.05) is 35.9 Å². The molecule has 24 heavy (non-hydrogen) atoms. The lowest BCUT2D eigenvalue weighted by Crippen LogP contribution is -2.36. The molecule has 0 radical (unpaired) electrons. The van der Waals surface area contributed by atoms with Crippen LogP contribution in [0.25, 0.3) is 10.6 Å². The summed E-state index contributed by atoms with van der Waals surface area (Å²) in [7, 11) is 1.40. The maximum absolute atomic E-state index is 13.3. The van der Waals surface area contributed by atoms with Gasteiger partial charge in [-0.3, -0.25) is 13.9 Å². The van der Waals surface area contributed by atoms with E-state index in [9.17, 15) is 19.1 Å². The molecule has 2 aromatic heterocycles. The van der Waals surface area contributed by atoms with Crippen molar-refractivity contribution in [1.82, 2.24) is 14.1 Å². The molecule has 0 fully saturated rings. The minimum absolute atomic E-state index is 0.116. The van der Waals surface area contributed by atoms with Crippen LogP contribution >= 0.6 is 22.9 Å². The maximum Gasteiger partial charge on any atom is 0.331 e. The number of rotatable bonds is 3. The van der Waals surface area contributed by atoms with Crippen LogP contribution in [0.4, 0.5) is 4.39 Å². The van der Waals surface area contributed by atoms with Crippen LogP contribution in [0, 0.1) is 5.82 Å². The molecule has 3 aromatic rings. The molecular formula is C15H11ClFN3O3S. The minimum atomic E-state index is -0.808. The quantitative estimate of drug-likeness (QED) is 0.770. The molecule has 0 spiro atoms. The third-order valence-corrected chi connectivity index (χ3v) is 4.84. The Hall–Kier alpha value is -2.45. The van der Waals surface area contributed by atoms with Crippen molar-refractivity contribution in [2.75, 3.05) is 0 Å². The molecule has 0 atom stereocenters. The monoisotopic (exact) mass is 367 g/mol. The van der Waals surface area contributed by atoms with Gasteiger partial charge in [0.15, 0.2) is 11.6 Å². The normalized spacial score (nSPS) is 11.0. The Morgan fingerprint density at radius 1 is 1.33 bits per heavy atom. The van der Waals surface area contributed by atoms with Gasteiger partial charge in [-0.25, -0.2) is 14.2 Å². The number of halogens is 2. The molecule has 0 saturated carbocycles. The third-order valence-electron chi connectivity index (χ3n) is 3.44. The Bertz CT molecular complexity index is 1040. The van der Waals surface area contributed by atoms with E-state index in [1.165, 1.54) is 41.3 Å². The molecule has 0 unspecified atom stereocenters. The molecule has 2 heterocycles. The second kappa shape index (κ2) is 6.21. The van der Waals surface area contributed by atoms with E-state index >= 15 is 0 Å². The largest absolute Gasteiger partial charge is 0.504 e. The van der Waals surface area contributed by atoms with E-state index in [1.807, 2.05) is 0 Å². The van der Waals surface area contributed by atoms with Crippen LogP contribution in [0.5, 0.6) is 5.75 Å². The fourth-order valence-corrected chi connectivity index (χ4v) is 3.36. The fourth-order valence-electron chi connectivity index (χ4n) is 2.12. The first-order chi connectivity index (χ1) is 11.4. The van der Waals surface area contributed by atoms with Crippen molar-refractivity contribution in [3.63, 3.8) is 0 Å². The molecule has 0 aliphatic rings. The summed E-state index contributed by atoms with van der Waals surface area (Å²) in [6.45, 7) is 0.232. The van der Waals surface area contributed by atoms with Crippen LogP contribution < -0.4 is 11.2 Å². The first-order valence-electron chi connectivity index (χ1n) is 6.77. The van der Waals surface area contributed by atoms with Gasteiger partial charge in [0.05, 0.1) is 11.6 Å². The summed E-state index contributed by atoms with van der Waals surface area (Å²) in [5.74, 6) is -1.43. The van der Waals surface area contributed by atoms with Gasteiger partial charge in [-0.2, -0.15) is 0 Å². The van der Waals surface area contributed by atoms with Crippen LogP contribution in [0.3, 0.4) is 0 Å². The van der Waals surface area contributed by atoms with Crippen LogP contribution in [-0.4, -0.2) is 19.2 Å². The molecule has 9 heteroatoms. The van der Waals surface area contributed by atoms with Gasteiger partial charge in [-0.1, -0.05) is 11.6 Å². The Morgan fingerprint density at radius 3 is 2.83 bits per heavy atom. The van der Waals surface area contributed by atoms with Gasteiger partial charge in [-0.15, -0.1) is 11.3 Å². The fraction of sp³-hybridized carbons (Fsp3) is 0.133. The predicted octanol–water partition coefficient (Wildman–Crippen LogP) is 2.22. The van der Waals surface area contributed by atoms with Gasteiger partial charge in [0.1, 0.15) is 5.01 Å². The molecule has 0 bridgehead atoms. The summed E-state index contributed by atoms with van der Waals surface area (Å²) in [5, 5.41) is 9.95. The van der Waals surface area contributed by atoms with E-state index < -0.39 is 17.3 Å². The molecule has 0 aliphatic heterocycles. The van der Waals surface area contributed by atoms with E-state index in [2.05, 4.69) is 4.98 Å². The molecule has 0 saturated heterocycles. The van der Waals surface area contributed by atoms with Gasteiger partial charge in [-0.05, 0) is 12.1 Å². The second-order valence-electron chi connectivity index (χ2n) is 5.01. The molecule has 124 valence electrons. The van der Waals surface area contributed by atoms with Crippen LogP contribution in [-0.2, 0) is 13.6 Å². The number of phenols is 1. The Morgan fingerprint density at radius 2 is 2.08 bits per heavy atom. The smallest absolute Gasteiger partial charge is 0.331 e. The molecule has 6 nitrogen and oxygen atoms in total. The summed E-state index contributed by atoms with van der Waals surface area (Å²) < 4.78 is 15.7. The summed E-state index contributed by atoms with van der Waals surface area (Å²) >= 11 is 7.20. The standard InChI is InChI=1S/C15H11ClFN3O3S/c1-19-11(21)4-5-20(15(19)23)7-8-6-18-14(24-8)9-2-3-10(17)13(22)12(9)16/h2-6,22H,7H2,1H3. The zero-order chi connectivity index (χ0) is 17.4. The first kappa shape index (κ1) is 16.4. The Kier molecular flexibility index (Phi) is 4.25. The lowest BCUT2D eigenvalue weighted by atomic mass is 10.2. The van der Waals surface area contributed by atoms with Crippen LogP contribution in [0.1, 0.15) is 4.88 Å². The summed E-state index contributed by atoms with van der Waals surface area (Å²) in [6.07, 6.45) is 2.98. The van der Waals surface area contributed by atoms with Crippen LogP contribution in [0.2, 0.25) is 5.02 Å². The minimum Gasteiger partial charge on any atom is -0.504 e. The summed E-state index contributed by atoms with van der Waals surface area (Å²) in [5.41, 5.74) is -0.413. The molecule has 1 aromatic carbocycles.